The van der Waals surface area contributed by atoms with Crippen LogP contribution >= 0.6 is 11.3 Å². The van der Waals surface area contributed by atoms with Crippen LogP contribution in [0.3, 0.4) is 0 Å². The predicted octanol–water partition coefficient (Wildman–Crippen LogP) is 5.38. The number of amides is 1. The molecule has 2 heterocycles. The van der Waals surface area contributed by atoms with Crippen molar-refractivity contribution in [2.24, 2.45) is 0 Å². The number of hydrogen-bond donors (Lipinski definition) is 2. The second-order valence-corrected chi connectivity index (χ2v) is 10.3. The molecule has 0 saturated carbocycles. The first-order valence-electron chi connectivity index (χ1n) is 10.9. The molecular weight excluding hydrogens is 450 g/mol. The lowest BCUT2D eigenvalue weighted by Crippen LogP contribution is -2.28. The number of likely N-dealkylation sites (tertiary alicyclic amines) is 1. The first-order chi connectivity index (χ1) is 16.1. The van der Waals surface area contributed by atoms with E-state index in [-0.39, 0.29) is 29.0 Å². The third kappa shape index (κ3) is 4.31. The van der Waals surface area contributed by atoms with E-state index in [1.165, 1.54) is 28.4 Å². The average Bonchev–Trinajstić information content (AvgIpc) is 3.40. The number of phenolic OH excluding ortho intramolecular Hbond substituents is 1. The molecule has 7 heteroatoms. The van der Waals surface area contributed by atoms with Crippen molar-refractivity contribution in [1.29, 1.82) is 0 Å². The fraction of sp³-hybridized carbons (Fsp3) is 0.259. The fourth-order valence-electron chi connectivity index (χ4n) is 4.25. The van der Waals surface area contributed by atoms with E-state index in [4.69, 9.17) is 4.74 Å². The Kier molecular flexibility index (Phi) is 6.23. The zero-order valence-electron chi connectivity index (χ0n) is 19.5. The molecule has 4 rings (SSSR count). The highest BCUT2D eigenvalue weighted by Crippen LogP contribution is 2.42. The molecule has 2 aromatic carbocycles. The number of hydrogen-bond acceptors (Lipinski definition) is 6. The number of aliphatic hydroxyl groups is 1. The maximum absolute atomic E-state index is 13.2. The minimum absolute atomic E-state index is 0.00261. The number of rotatable bonds is 5. The van der Waals surface area contributed by atoms with Crippen LogP contribution in [-0.4, -0.2) is 33.9 Å². The predicted molar refractivity (Wildman–Crippen MR) is 132 cm³/mol. The lowest BCUT2D eigenvalue weighted by atomic mass is 9.84. The molecule has 1 atom stereocenters. The molecule has 1 unspecified atom stereocenters. The highest BCUT2D eigenvalue weighted by atomic mass is 32.1. The number of ether oxygens (including phenoxy) is 1. The Balaban J connectivity index is 1.90. The van der Waals surface area contributed by atoms with Gasteiger partial charge in [-0.2, -0.15) is 0 Å². The van der Waals surface area contributed by atoms with E-state index >= 15 is 0 Å². The molecule has 1 saturated heterocycles. The van der Waals surface area contributed by atoms with Crippen molar-refractivity contribution < 1.29 is 24.5 Å². The van der Waals surface area contributed by atoms with Gasteiger partial charge in [0.05, 0.1) is 25.3 Å². The number of methoxy groups -OCH3 is 1. The molecule has 1 aromatic heterocycles. The quantitative estimate of drug-likeness (QED) is 0.293. The lowest BCUT2D eigenvalue weighted by molar-refractivity contribution is -0.140. The summed E-state index contributed by atoms with van der Waals surface area (Å²) in [5.41, 5.74) is 1.54. The zero-order chi connectivity index (χ0) is 24.6. The maximum atomic E-state index is 13.2. The number of thiophene rings is 1. The van der Waals surface area contributed by atoms with Crippen molar-refractivity contribution >= 4 is 28.8 Å². The number of phenols is 1. The van der Waals surface area contributed by atoms with E-state index in [0.29, 0.717) is 16.9 Å². The molecule has 176 valence electrons. The van der Waals surface area contributed by atoms with Gasteiger partial charge in [0.25, 0.3) is 11.7 Å². The second kappa shape index (κ2) is 8.99. The van der Waals surface area contributed by atoms with Gasteiger partial charge in [-0.25, -0.2) is 0 Å². The molecule has 0 radical (unpaired) electrons. The van der Waals surface area contributed by atoms with E-state index in [9.17, 15) is 19.8 Å². The molecule has 34 heavy (non-hydrogen) atoms. The Morgan fingerprint density at radius 3 is 2.47 bits per heavy atom. The standard InChI is InChI=1S/C27H27NO5S/c1-27(2,3)20-14-17(10-11-21(20)33-4)24(30)22-23(16-7-5-8-18(29)13-16)28(26(32)25(22)31)15-19-9-6-12-34-19/h5-14,23,29-30H,15H2,1-4H3/b24-22-. The number of benzene rings is 2. The van der Waals surface area contributed by atoms with Gasteiger partial charge in [0, 0.05) is 16.0 Å². The first kappa shape index (κ1) is 23.6. The number of nitrogens with zero attached hydrogens (tertiary/aromatic N) is 1. The van der Waals surface area contributed by atoms with Crippen LogP contribution in [0.5, 0.6) is 11.5 Å². The monoisotopic (exact) mass is 477 g/mol. The number of carbonyl (C=O) groups excluding carboxylic acids is 2. The number of carbonyl (C=O) groups is 2. The van der Waals surface area contributed by atoms with Crippen molar-refractivity contribution in [3.8, 4) is 11.5 Å². The van der Waals surface area contributed by atoms with Crippen molar-refractivity contribution in [3.63, 3.8) is 0 Å². The van der Waals surface area contributed by atoms with Gasteiger partial charge in [-0.05, 0) is 52.8 Å². The van der Waals surface area contributed by atoms with Gasteiger partial charge in [-0.15, -0.1) is 11.3 Å². The molecular formula is C27H27NO5S. The minimum atomic E-state index is -0.839. The van der Waals surface area contributed by atoms with E-state index in [1.54, 1.807) is 37.4 Å². The SMILES string of the molecule is COc1ccc(/C(O)=C2/C(=O)C(=O)N(Cc3cccs3)C2c2cccc(O)c2)cc1C(C)(C)C. The third-order valence-electron chi connectivity index (χ3n) is 5.91. The summed E-state index contributed by atoms with van der Waals surface area (Å²) in [6.45, 7) is 6.30. The Morgan fingerprint density at radius 2 is 1.85 bits per heavy atom. The molecule has 6 nitrogen and oxygen atoms in total. The smallest absolute Gasteiger partial charge is 0.295 e. The number of aromatic hydroxyl groups is 1. The van der Waals surface area contributed by atoms with Crippen LogP contribution in [0, 0.1) is 0 Å². The summed E-state index contributed by atoms with van der Waals surface area (Å²) >= 11 is 1.48. The molecule has 0 spiro atoms. The van der Waals surface area contributed by atoms with Gasteiger partial charge in [0.15, 0.2) is 0 Å². The summed E-state index contributed by atoms with van der Waals surface area (Å²) in [7, 11) is 1.59. The summed E-state index contributed by atoms with van der Waals surface area (Å²) in [4.78, 5) is 28.7. The molecule has 1 fully saturated rings. The Hall–Kier alpha value is -3.58. The first-order valence-corrected chi connectivity index (χ1v) is 11.8. The van der Waals surface area contributed by atoms with Gasteiger partial charge < -0.3 is 19.8 Å². The van der Waals surface area contributed by atoms with Crippen LogP contribution in [0.25, 0.3) is 5.76 Å². The van der Waals surface area contributed by atoms with Crippen LogP contribution in [0.15, 0.2) is 65.6 Å². The summed E-state index contributed by atoms with van der Waals surface area (Å²) in [5, 5.41) is 23.4. The molecule has 3 aromatic rings. The average molecular weight is 478 g/mol. The Bertz CT molecular complexity index is 1270. The van der Waals surface area contributed by atoms with Crippen molar-refractivity contribution in [2.75, 3.05) is 7.11 Å². The fourth-order valence-corrected chi connectivity index (χ4v) is 4.95. The number of Topliss-reactive ketones (excluding diaryl/α,β-unsaturated/α-hetero) is 1. The van der Waals surface area contributed by atoms with Crippen LogP contribution in [0.1, 0.15) is 48.4 Å². The van der Waals surface area contributed by atoms with Crippen LogP contribution in [0.2, 0.25) is 0 Å². The summed E-state index contributed by atoms with van der Waals surface area (Å²) < 4.78 is 5.50. The lowest BCUT2D eigenvalue weighted by Gasteiger charge is -2.25. The number of ketones is 1. The summed E-state index contributed by atoms with van der Waals surface area (Å²) in [6, 6.07) is 14.6. The second-order valence-electron chi connectivity index (χ2n) is 9.27. The van der Waals surface area contributed by atoms with Crippen molar-refractivity contribution in [3.05, 3.63) is 87.1 Å². The summed E-state index contributed by atoms with van der Waals surface area (Å²) in [6.07, 6.45) is 0. The Morgan fingerprint density at radius 1 is 1.09 bits per heavy atom. The van der Waals surface area contributed by atoms with E-state index in [2.05, 4.69) is 0 Å². The molecule has 1 amide bonds. The zero-order valence-corrected chi connectivity index (χ0v) is 20.3. The van der Waals surface area contributed by atoms with Crippen molar-refractivity contribution in [1.82, 2.24) is 4.90 Å². The highest BCUT2D eigenvalue weighted by Gasteiger charge is 2.46. The maximum Gasteiger partial charge on any atom is 0.295 e. The van der Waals surface area contributed by atoms with Crippen LogP contribution in [-0.2, 0) is 21.5 Å². The van der Waals surface area contributed by atoms with Gasteiger partial charge in [-0.3, -0.25) is 9.59 Å². The normalized spacial score (nSPS) is 17.9. The largest absolute Gasteiger partial charge is 0.508 e. The molecule has 1 aliphatic rings. The minimum Gasteiger partial charge on any atom is -0.508 e. The van der Waals surface area contributed by atoms with E-state index in [1.807, 2.05) is 38.3 Å². The van der Waals surface area contributed by atoms with Gasteiger partial charge in [0.2, 0.25) is 0 Å². The number of aliphatic hydroxyl groups excluding tert-OH is 1. The molecule has 2 N–H and O–H groups in total. The van der Waals surface area contributed by atoms with Crippen molar-refractivity contribution in [2.45, 2.75) is 38.8 Å². The van der Waals surface area contributed by atoms with Crippen LogP contribution < -0.4 is 4.74 Å². The molecule has 0 bridgehead atoms. The van der Waals surface area contributed by atoms with Gasteiger partial charge >= 0.3 is 0 Å². The molecule has 0 aliphatic carbocycles. The topological polar surface area (TPSA) is 87.1 Å². The highest BCUT2D eigenvalue weighted by molar-refractivity contribution is 7.09. The van der Waals surface area contributed by atoms with Gasteiger partial charge in [0.1, 0.15) is 17.3 Å². The van der Waals surface area contributed by atoms with E-state index in [0.717, 1.165) is 10.4 Å². The third-order valence-corrected chi connectivity index (χ3v) is 6.77. The molecule has 1 aliphatic heterocycles. The van der Waals surface area contributed by atoms with Crippen LogP contribution in [0.4, 0.5) is 0 Å². The Labute approximate surface area is 202 Å². The summed E-state index contributed by atoms with van der Waals surface area (Å²) in [5.74, 6) is -1.01. The van der Waals surface area contributed by atoms with Gasteiger partial charge in [-0.1, -0.05) is 39.0 Å². The van der Waals surface area contributed by atoms with E-state index < -0.39 is 17.7 Å².